The Morgan fingerprint density at radius 1 is 1.04 bits per heavy atom. The Kier molecular flexibility index (Phi) is 5.05. The van der Waals surface area contributed by atoms with Crippen LogP contribution in [0.3, 0.4) is 0 Å². The highest BCUT2D eigenvalue weighted by atomic mass is 32.2. The SMILES string of the molecule is CCOc1ccc(-n2c(SC)nnc2-c2cccc(OC)c2)cc1. The second kappa shape index (κ2) is 7.40. The van der Waals surface area contributed by atoms with Crippen LogP contribution in [0.2, 0.25) is 0 Å². The van der Waals surface area contributed by atoms with Gasteiger partial charge in [-0.05, 0) is 49.6 Å². The van der Waals surface area contributed by atoms with Crippen molar-refractivity contribution in [2.24, 2.45) is 0 Å². The minimum absolute atomic E-state index is 0.650. The smallest absolute Gasteiger partial charge is 0.195 e. The molecule has 3 rings (SSSR count). The van der Waals surface area contributed by atoms with Crippen LogP contribution in [0.5, 0.6) is 11.5 Å². The highest BCUT2D eigenvalue weighted by molar-refractivity contribution is 7.98. The zero-order valence-corrected chi connectivity index (χ0v) is 14.7. The summed E-state index contributed by atoms with van der Waals surface area (Å²) in [5, 5.41) is 9.51. The number of hydrogen-bond donors (Lipinski definition) is 0. The van der Waals surface area contributed by atoms with Gasteiger partial charge in [-0.1, -0.05) is 23.9 Å². The van der Waals surface area contributed by atoms with Crippen molar-refractivity contribution < 1.29 is 9.47 Å². The molecule has 0 spiro atoms. The standard InChI is InChI=1S/C18H19N3O2S/c1-4-23-15-10-8-14(9-11-15)21-17(19-20-18(21)24-3)13-6-5-7-16(12-13)22-2/h5-12H,4H2,1-3H3. The molecule has 0 aliphatic heterocycles. The summed E-state index contributed by atoms with van der Waals surface area (Å²) in [5.74, 6) is 2.42. The van der Waals surface area contributed by atoms with E-state index in [0.29, 0.717) is 6.61 Å². The number of nitrogens with zero attached hydrogens (tertiary/aromatic N) is 3. The molecule has 0 atom stereocenters. The van der Waals surface area contributed by atoms with Crippen LogP contribution in [0.25, 0.3) is 17.1 Å². The van der Waals surface area contributed by atoms with E-state index in [0.717, 1.165) is 33.7 Å². The summed E-state index contributed by atoms with van der Waals surface area (Å²) >= 11 is 1.56. The van der Waals surface area contributed by atoms with E-state index in [9.17, 15) is 0 Å². The maximum Gasteiger partial charge on any atom is 0.195 e. The van der Waals surface area contributed by atoms with E-state index in [2.05, 4.69) is 10.2 Å². The first-order valence-electron chi connectivity index (χ1n) is 7.64. The summed E-state index contributed by atoms with van der Waals surface area (Å²) in [5.41, 5.74) is 1.95. The number of thioether (sulfide) groups is 1. The minimum atomic E-state index is 0.650. The van der Waals surface area contributed by atoms with E-state index in [1.54, 1.807) is 18.9 Å². The normalized spacial score (nSPS) is 10.6. The molecule has 6 heteroatoms. The summed E-state index contributed by atoms with van der Waals surface area (Å²) < 4.78 is 12.9. The van der Waals surface area contributed by atoms with Gasteiger partial charge in [0.1, 0.15) is 11.5 Å². The fraction of sp³-hybridized carbons (Fsp3) is 0.222. The van der Waals surface area contributed by atoms with Crippen LogP contribution < -0.4 is 9.47 Å². The summed E-state index contributed by atoms with van der Waals surface area (Å²) in [4.78, 5) is 0. The first-order valence-corrected chi connectivity index (χ1v) is 8.86. The van der Waals surface area contributed by atoms with Gasteiger partial charge in [-0.25, -0.2) is 0 Å². The highest BCUT2D eigenvalue weighted by Gasteiger charge is 2.15. The molecule has 3 aromatic rings. The lowest BCUT2D eigenvalue weighted by Crippen LogP contribution is -2.00. The first-order chi connectivity index (χ1) is 11.8. The number of methoxy groups -OCH3 is 1. The molecule has 1 heterocycles. The van der Waals surface area contributed by atoms with E-state index < -0.39 is 0 Å². The number of hydrogen-bond acceptors (Lipinski definition) is 5. The van der Waals surface area contributed by atoms with E-state index in [1.807, 2.05) is 66.3 Å². The molecule has 124 valence electrons. The lowest BCUT2D eigenvalue weighted by Gasteiger charge is -2.11. The lowest BCUT2D eigenvalue weighted by atomic mass is 10.2. The van der Waals surface area contributed by atoms with E-state index >= 15 is 0 Å². The Morgan fingerprint density at radius 2 is 1.83 bits per heavy atom. The maximum absolute atomic E-state index is 5.52. The molecule has 0 aliphatic rings. The molecule has 0 fully saturated rings. The molecule has 24 heavy (non-hydrogen) atoms. The predicted octanol–water partition coefficient (Wildman–Crippen LogP) is 4.06. The monoisotopic (exact) mass is 341 g/mol. The van der Waals surface area contributed by atoms with Gasteiger partial charge in [0.05, 0.1) is 13.7 Å². The molecular formula is C18H19N3O2S. The first kappa shape index (κ1) is 16.4. The van der Waals surface area contributed by atoms with Gasteiger partial charge in [0.25, 0.3) is 0 Å². The lowest BCUT2D eigenvalue weighted by molar-refractivity contribution is 0.340. The summed E-state index contributed by atoms with van der Waals surface area (Å²) in [6.45, 7) is 2.62. The van der Waals surface area contributed by atoms with Gasteiger partial charge in [-0.2, -0.15) is 0 Å². The van der Waals surface area contributed by atoms with Gasteiger partial charge < -0.3 is 9.47 Å². The largest absolute Gasteiger partial charge is 0.497 e. The minimum Gasteiger partial charge on any atom is -0.497 e. The third-order valence-electron chi connectivity index (χ3n) is 3.55. The van der Waals surface area contributed by atoms with Gasteiger partial charge in [0.15, 0.2) is 11.0 Å². The van der Waals surface area contributed by atoms with Gasteiger partial charge in [-0.15, -0.1) is 10.2 Å². The topological polar surface area (TPSA) is 49.2 Å². The Morgan fingerprint density at radius 3 is 2.50 bits per heavy atom. The molecule has 0 N–H and O–H groups in total. The van der Waals surface area contributed by atoms with E-state index in [1.165, 1.54) is 0 Å². The van der Waals surface area contributed by atoms with Crippen LogP contribution in [0.15, 0.2) is 53.7 Å². The van der Waals surface area contributed by atoms with Crippen LogP contribution in [0, 0.1) is 0 Å². The number of aromatic nitrogens is 3. The number of benzene rings is 2. The molecule has 5 nitrogen and oxygen atoms in total. The Hall–Kier alpha value is -2.47. The number of rotatable bonds is 6. The summed E-state index contributed by atoms with van der Waals surface area (Å²) in [7, 11) is 1.66. The van der Waals surface area contributed by atoms with Crippen molar-refractivity contribution >= 4 is 11.8 Å². The third kappa shape index (κ3) is 3.23. The molecule has 0 amide bonds. The molecule has 0 saturated heterocycles. The quantitative estimate of drug-likeness (QED) is 0.633. The van der Waals surface area contributed by atoms with Crippen molar-refractivity contribution in [2.75, 3.05) is 20.0 Å². The Bertz CT molecular complexity index is 815. The molecular weight excluding hydrogens is 322 g/mol. The van der Waals surface area contributed by atoms with Crippen LogP contribution in [-0.4, -0.2) is 34.7 Å². The van der Waals surface area contributed by atoms with Crippen LogP contribution >= 0.6 is 11.8 Å². The van der Waals surface area contributed by atoms with Crippen molar-refractivity contribution in [1.82, 2.24) is 14.8 Å². The van der Waals surface area contributed by atoms with Crippen molar-refractivity contribution in [3.05, 3.63) is 48.5 Å². The second-order valence-electron chi connectivity index (χ2n) is 5.00. The molecule has 0 saturated carbocycles. The second-order valence-corrected chi connectivity index (χ2v) is 5.78. The fourth-order valence-electron chi connectivity index (χ4n) is 2.44. The number of ether oxygens (including phenoxy) is 2. The summed E-state index contributed by atoms with van der Waals surface area (Å²) in [6, 6.07) is 15.8. The molecule has 0 unspecified atom stereocenters. The zero-order valence-electron chi connectivity index (χ0n) is 13.9. The molecule has 2 aromatic carbocycles. The van der Waals surface area contributed by atoms with Crippen LogP contribution in [0.1, 0.15) is 6.92 Å². The van der Waals surface area contributed by atoms with Crippen molar-refractivity contribution in [3.8, 4) is 28.6 Å². The van der Waals surface area contributed by atoms with Gasteiger partial charge in [0, 0.05) is 11.3 Å². The van der Waals surface area contributed by atoms with E-state index in [4.69, 9.17) is 9.47 Å². The van der Waals surface area contributed by atoms with Crippen LogP contribution in [-0.2, 0) is 0 Å². The van der Waals surface area contributed by atoms with E-state index in [-0.39, 0.29) is 0 Å². The molecule has 0 bridgehead atoms. The predicted molar refractivity (Wildman–Crippen MR) is 96.3 cm³/mol. The Balaban J connectivity index is 2.07. The van der Waals surface area contributed by atoms with Crippen molar-refractivity contribution in [1.29, 1.82) is 0 Å². The third-order valence-corrected chi connectivity index (χ3v) is 4.18. The van der Waals surface area contributed by atoms with Crippen molar-refractivity contribution in [3.63, 3.8) is 0 Å². The van der Waals surface area contributed by atoms with Crippen LogP contribution in [0.4, 0.5) is 0 Å². The average Bonchev–Trinajstić information content (AvgIpc) is 3.07. The molecule has 0 aliphatic carbocycles. The maximum atomic E-state index is 5.52. The average molecular weight is 341 g/mol. The van der Waals surface area contributed by atoms with Gasteiger partial charge in [0.2, 0.25) is 0 Å². The molecule has 1 aromatic heterocycles. The molecule has 0 radical (unpaired) electrons. The van der Waals surface area contributed by atoms with Gasteiger partial charge in [-0.3, -0.25) is 4.57 Å². The summed E-state index contributed by atoms with van der Waals surface area (Å²) in [6.07, 6.45) is 1.99. The zero-order chi connectivity index (χ0) is 16.9. The Labute approximate surface area is 145 Å². The van der Waals surface area contributed by atoms with Crippen molar-refractivity contribution in [2.45, 2.75) is 12.1 Å². The van der Waals surface area contributed by atoms with Gasteiger partial charge >= 0.3 is 0 Å². The fourth-order valence-corrected chi connectivity index (χ4v) is 2.94. The highest BCUT2D eigenvalue weighted by Crippen LogP contribution is 2.29.